The van der Waals surface area contributed by atoms with E-state index in [2.05, 4.69) is 4.98 Å². The van der Waals surface area contributed by atoms with Crippen molar-refractivity contribution in [2.45, 2.75) is 52.0 Å². The lowest BCUT2D eigenvalue weighted by Crippen LogP contribution is -2.41. The number of nitrogens with two attached hydrogens (primary N) is 1. The summed E-state index contributed by atoms with van der Waals surface area (Å²) in [4.78, 5) is 18.9. The molecule has 1 aliphatic rings. The number of anilines is 1. The number of hydrogen-bond donors (Lipinski definition) is 1. The van der Waals surface area contributed by atoms with E-state index in [1.54, 1.807) is 12.3 Å². The zero-order valence-corrected chi connectivity index (χ0v) is 11.9. The molecule has 1 aromatic rings. The molecule has 2 N–H and O–H groups in total. The van der Waals surface area contributed by atoms with Crippen LogP contribution in [0.2, 0.25) is 0 Å². The Morgan fingerprint density at radius 2 is 2.11 bits per heavy atom. The molecule has 2 rings (SSSR count). The van der Waals surface area contributed by atoms with Crippen molar-refractivity contribution < 1.29 is 4.79 Å². The van der Waals surface area contributed by atoms with Gasteiger partial charge in [0, 0.05) is 12.6 Å². The number of nitrogens with zero attached hydrogens (tertiary/aromatic N) is 2. The van der Waals surface area contributed by atoms with Crippen LogP contribution in [0.4, 0.5) is 5.69 Å². The zero-order valence-electron chi connectivity index (χ0n) is 11.9. The summed E-state index contributed by atoms with van der Waals surface area (Å²) in [6.45, 7) is 4.65. The average Bonchev–Trinajstić information content (AvgIpc) is 2.43. The molecule has 0 aromatic carbocycles. The maximum Gasteiger partial charge on any atom is 0.256 e. The summed E-state index contributed by atoms with van der Waals surface area (Å²) in [6.07, 6.45) is 7.58. The number of aromatic nitrogens is 1. The number of hydrogen-bond acceptors (Lipinski definition) is 3. The fourth-order valence-electron chi connectivity index (χ4n) is 2.88. The highest BCUT2D eigenvalue weighted by atomic mass is 16.2. The van der Waals surface area contributed by atoms with E-state index in [9.17, 15) is 4.79 Å². The molecule has 1 fully saturated rings. The Morgan fingerprint density at radius 3 is 2.74 bits per heavy atom. The quantitative estimate of drug-likeness (QED) is 0.910. The summed E-state index contributed by atoms with van der Waals surface area (Å²) in [5.74, 6) is 0.0756. The van der Waals surface area contributed by atoms with Gasteiger partial charge in [0.1, 0.15) is 0 Å². The first-order valence-electron chi connectivity index (χ1n) is 7.16. The minimum atomic E-state index is 0.0756. The monoisotopic (exact) mass is 261 g/mol. The van der Waals surface area contributed by atoms with Crippen molar-refractivity contribution in [1.29, 1.82) is 0 Å². The SMILES string of the molecule is CCN(C(=O)c1cc(N)cnc1C)C1CCCCC1. The van der Waals surface area contributed by atoms with E-state index >= 15 is 0 Å². The Balaban J connectivity index is 2.22. The molecule has 4 nitrogen and oxygen atoms in total. The van der Waals surface area contributed by atoms with Crippen molar-refractivity contribution in [3.05, 3.63) is 23.5 Å². The molecule has 1 aliphatic carbocycles. The maximum absolute atomic E-state index is 12.7. The number of amides is 1. The van der Waals surface area contributed by atoms with Gasteiger partial charge in [0.25, 0.3) is 5.91 Å². The molecule has 0 radical (unpaired) electrons. The molecule has 19 heavy (non-hydrogen) atoms. The van der Waals surface area contributed by atoms with Gasteiger partial charge >= 0.3 is 0 Å². The average molecular weight is 261 g/mol. The predicted molar refractivity (Wildman–Crippen MR) is 77.0 cm³/mol. The summed E-state index contributed by atoms with van der Waals surface area (Å²) in [6, 6.07) is 2.13. The van der Waals surface area contributed by atoms with Crippen LogP contribution in [0, 0.1) is 6.92 Å². The van der Waals surface area contributed by atoms with Crippen molar-refractivity contribution in [3.8, 4) is 0 Å². The third kappa shape index (κ3) is 3.06. The van der Waals surface area contributed by atoms with Crippen molar-refractivity contribution in [3.63, 3.8) is 0 Å². The van der Waals surface area contributed by atoms with E-state index in [0.29, 0.717) is 17.3 Å². The van der Waals surface area contributed by atoms with Gasteiger partial charge in [0.15, 0.2) is 0 Å². The second kappa shape index (κ2) is 6.04. The van der Waals surface area contributed by atoms with Crippen molar-refractivity contribution in [2.75, 3.05) is 12.3 Å². The lowest BCUT2D eigenvalue weighted by atomic mass is 9.93. The van der Waals surface area contributed by atoms with Crippen molar-refractivity contribution in [1.82, 2.24) is 9.88 Å². The molecular formula is C15H23N3O. The van der Waals surface area contributed by atoms with E-state index in [4.69, 9.17) is 5.73 Å². The van der Waals surface area contributed by atoms with Gasteiger partial charge in [-0.3, -0.25) is 9.78 Å². The summed E-state index contributed by atoms with van der Waals surface area (Å²) >= 11 is 0. The van der Waals surface area contributed by atoms with E-state index in [1.807, 2.05) is 18.7 Å². The number of rotatable bonds is 3. The zero-order chi connectivity index (χ0) is 13.8. The van der Waals surface area contributed by atoms with Crippen LogP contribution < -0.4 is 5.73 Å². The molecule has 0 saturated heterocycles. The summed E-state index contributed by atoms with van der Waals surface area (Å²) in [5.41, 5.74) is 7.71. The molecule has 0 spiro atoms. The number of carbonyl (C=O) groups excluding carboxylic acids is 1. The lowest BCUT2D eigenvalue weighted by Gasteiger charge is -2.34. The van der Waals surface area contributed by atoms with Crippen LogP contribution in [-0.4, -0.2) is 28.4 Å². The minimum Gasteiger partial charge on any atom is -0.397 e. The molecule has 1 amide bonds. The van der Waals surface area contributed by atoms with Crippen molar-refractivity contribution in [2.24, 2.45) is 0 Å². The molecule has 1 aromatic heterocycles. The van der Waals surface area contributed by atoms with Crippen LogP contribution in [-0.2, 0) is 0 Å². The van der Waals surface area contributed by atoms with Crippen LogP contribution in [0.5, 0.6) is 0 Å². The number of nitrogen functional groups attached to an aromatic ring is 1. The third-order valence-corrected chi connectivity index (χ3v) is 3.96. The molecule has 1 saturated carbocycles. The molecule has 0 atom stereocenters. The molecule has 0 bridgehead atoms. The Labute approximate surface area is 115 Å². The van der Waals surface area contributed by atoms with E-state index in [0.717, 1.165) is 25.1 Å². The van der Waals surface area contributed by atoms with Crippen LogP contribution >= 0.6 is 0 Å². The largest absolute Gasteiger partial charge is 0.397 e. The van der Waals surface area contributed by atoms with Gasteiger partial charge < -0.3 is 10.6 Å². The smallest absolute Gasteiger partial charge is 0.256 e. The Morgan fingerprint density at radius 1 is 1.42 bits per heavy atom. The summed E-state index contributed by atoms with van der Waals surface area (Å²) in [7, 11) is 0. The van der Waals surface area contributed by atoms with Gasteiger partial charge in [-0.2, -0.15) is 0 Å². The second-order valence-corrected chi connectivity index (χ2v) is 5.28. The molecule has 4 heteroatoms. The first-order valence-corrected chi connectivity index (χ1v) is 7.16. The minimum absolute atomic E-state index is 0.0756. The van der Waals surface area contributed by atoms with E-state index < -0.39 is 0 Å². The highest BCUT2D eigenvalue weighted by Gasteiger charge is 2.26. The lowest BCUT2D eigenvalue weighted by molar-refractivity contribution is 0.0646. The highest BCUT2D eigenvalue weighted by molar-refractivity contribution is 5.96. The van der Waals surface area contributed by atoms with Gasteiger partial charge in [-0.15, -0.1) is 0 Å². The molecule has 1 heterocycles. The second-order valence-electron chi connectivity index (χ2n) is 5.28. The van der Waals surface area contributed by atoms with Crippen molar-refractivity contribution >= 4 is 11.6 Å². The van der Waals surface area contributed by atoms with Gasteiger partial charge in [-0.25, -0.2) is 0 Å². The number of pyridine rings is 1. The Bertz CT molecular complexity index is 453. The molecular weight excluding hydrogens is 238 g/mol. The third-order valence-electron chi connectivity index (χ3n) is 3.96. The van der Waals surface area contributed by atoms with Crippen LogP contribution in [0.1, 0.15) is 55.1 Å². The van der Waals surface area contributed by atoms with E-state index in [-0.39, 0.29) is 5.91 Å². The van der Waals surface area contributed by atoms with Crippen LogP contribution in [0.15, 0.2) is 12.3 Å². The van der Waals surface area contributed by atoms with Gasteiger partial charge in [-0.05, 0) is 32.8 Å². The predicted octanol–water partition coefficient (Wildman–Crippen LogP) is 2.77. The van der Waals surface area contributed by atoms with Crippen LogP contribution in [0.3, 0.4) is 0 Å². The summed E-state index contributed by atoms with van der Waals surface area (Å²) in [5, 5.41) is 0. The highest BCUT2D eigenvalue weighted by Crippen LogP contribution is 2.24. The summed E-state index contributed by atoms with van der Waals surface area (Å²) < 4.78 is 0. The topological polar surface area (TPSA) is 59.2 Å². The number of aryl methyl sites for hydroxylation is 1. The molecule has 0 aliphatic heterocycles. The van der Waals surface area contributed by atoms with Gasteiger partial charge in [0.05, 0.1) is 23.1 Å². The van der Waals surface area contributed by atoms with E-state index in [1.165, 1.54) is 19.3 Å². The fourth-order valence-corrected chi connectivity index (χ4v) is 2.88. The first kappa shape index (κ1) is 13.8. The van der Waals surface area contributed by atoms with Crippen LogP contribution in [0.25, 0.3) is 0 Å². The number of carbonyl (C=O) groups is 1. The molecule has 104 valence electrons. The maximum atomic E-state index is 12.7. The normalized spacial score (nSPS) is 16.3. The first-order chi connectivity index (χ1) is 9.13. The van der Waals surface area contributed by atoms with Gasteiger partial charge in [0.2, 0.25) is 0 Å². The Kier molecular flexibility index (Phi) is 4.40. The fraction of sp³-hybridized carbons (Fsp3) is 0.600. The Hall–Kier alpha value is -1.58. The standard InChI is InChI=1S/C15H23N3O/c1-3-18(13-7-5-4-6-8-13)15(19)14-9-12(16)10-17-11(14)2/h9-10,13H,3-8,16H2,1-2H3. The molecule has 0 unspecified atom stereocenters. The van der Waals surface area contributed by atoms with Gasteiger partial charge in [-0.1, -0.05) is 19.3 Å².